The highest BCUT2D eigenvalue weighted by Crippen LogP contribution is 2.44. The maximum Gasteiger partial charge on any atom is 0.137 e. The number of hydrogen-bond donors (Lipinski definition) is 2. The van der Waals surface area contributed by atoms with Gasteiger partial charge in [0.05, 0.1) is 6.10 Å². The van der Waals surface area contributed by atoms with Gasteiger partial charge in [-0.05, 0) is 49.6 Å². The van der Waals surface area contributed by atoms with Crippen molar-refractivity contribution in [1.29, 1.82) is 0 Å². The van der Waals surface area contributed by atoms with Crippen LogP contribution in [-0.4, -0.2) is 27.8 Å². The molecule has 6 heteroatoms. The lowest BCUT2D eigenvalue weighted by Crippen LogP contribution is -2.36. The average Bonchev–Trinajstić information content (AvgIpc) is 3.11. The topological polar surface area (TPSA) is 89.2 Å². The number of H-pyrrole nitrogens is 1. The summed E-state index contributed by atoms with van der Waals surface area (Å²) in [5.74, 6) is 0.549. The first-order valence-electron chi connectivity index (χ1n) is 9.15. The minimum atomic E-state index is -0.354. The molecule has 138 valence electrons. The number of aromatic amines is 1. The van der Waals surface area contributed by atoms with Crippen molar-refractivity contribution in [3.63, 3.8) is 0 Å². The molecule has 0 saturated heterocycles. The fourth-order valence-corrected chi connectivity index (χ4v) is 3.79. The van der Waals surface area contributed by atoms with E-state index in [4.69, 9.17) is 10.5 Å². The molecule has 0 bridgehead atoms. The summed E-state index contributed by atoms with van der Waals surface area (Å²) in [5, 5.41) is 1.12. The smallest absolute Gasteiger partial charge is 0.137 e. The zero-order valence-corrected chi connectivity index (χ0v) is 15.3. The minimum Gasteiger partial charge on any atom is -0.384 e. The van der Waals surface area contributed by atoms with Crippen molar-refractivity contribution in [3.05, 3.63) is 72.1 Å². The first-order chi connectivity index (χ1) is 13.2. The monoisotopic (exact) mass is 361 g/mol. The number of hydrogen-bond acceptors (Lipinski definition) is 5. The Hall–Kier alpha value is -2.99. The molecule has 3 aromatic rings. The van der Waals surface area contributed by atoms with Crippen LogP contribution >= 0.6 is 0 Å². The molecule has 0 radical (unpaired) electrons. The van der Waals surface area contributed by atoms with Crippen LogP contribution in [0.4, 0.5) is 0 Å². The molecule has 27 heavy (non-hydrogen) atoms. The molecule has 1 aliphatic rings. The maximum atomic E-state index is 6.24. The number of ether oxygens (including phenoxy) is 1. The normalized spacial score (nSPS) is 20.6. The zero-order valence-electron chi connectivity index (χ0n) is 15.3. The fraction of sp³-hybridized carbons (Fsp3) is 0.286. The van der Waals surface area contributed by atoms with Crippen LogP contribution in [-0.2, 0) is 11.2 Å². The lowest BCUT2D eigenvalue weighted by Gasteiger charge is -2.38. The van der Waals surface area contributed by atoms with Crippen LogP contribution in [0, 0.1) is 5.41 Å². The zero-order chi connectivity index (χ0) is 18.7. The highest BCUT2D eigenvalue weighted by atomic mass is 16.5. The Morgan fingerprint density at radius 1 is 1.30 bits per heavy atom. The van der Waals surface area contributed by atoms with Crippen molar-refractivity contribution < 1.29 is 4.74 Å². The van der Waals surface area contributed by atoms with Crippen LogP contribution in [0.1, 0.15) is 30.6 Å². The molecular formula is C21H23N5O. The summed E-state index contributed by atoms with van der Waals surface area (Å²) in [6, 6.07) is 8.04. The number of aromatic nitrogens is 3. The van der Waals surface area contributed by atoms with Crippen LogP contribution in [0.25, 0.3) is 11.0 Å². The Morgan fingerprint density at radius 2 is 2.19 bits per heavy atom. The van der Waals surface area contributed by atoms with Crippen molar-refractivity contribution in [2.45, 2.75) is 25.9 Å². The van der Waals surface area contributed by atoms with Gasteiger partial charge in [-0.1, -0.05) is 6.07 Å². The molecular weight excluding hydrogens is 338 g/mol. The van der Waals surface area contributed by atoms with Gasteiger partial charge in [-0.25, -0.2) is 9.98 Å². The van der Waals surface area contributed by atoms with E-state index < -0.39 is 0 Å². The number of nitrogens with zero attached hydrogens (tertiary/aromatic N) is 3. The molecule has 3 aromatic heterocycles. The van der Waals surface area contributed by atoms with Crippen molar-refractivity contribution in [2.75, 3.05) is 6.61 Å². The molecule has 4 heterocycles. The lowest BCUT2D eigenvalue weighted by atomic mass is 9.72. The summed E-state index contributed by atoms with van der Waals surface area (Å²) >= 11 is 0. The van der Waals surface area contributed by atoms with E-state index in [1.54, 1.807) is 12.4 Å². The highest BCUT2D eigenvalue weighted by molar-refractivity contribution is 5.81. The predicted octanol–water partition coefficient (Wildman–Crippen LogP) is 3.54. The predicted molar refractivity (Wildman–Crippen MR) is 106 cm³/mol. The van der Waals surface area contributed by atoms with Gasteiger partial charge in [0.15, 0.2) is 0 Å². The van der Waals surface area contributed by atoms with Crippen LogP contribution in [0.15, 0.2) is 65.9 Å². The summed E-state index contributed by atoms with van der Waals surface area (Å²) in [7, 11) is 0. The van der Waals surface area contributed by atoms with Gasteiger partial charge in [-0.2, -0.15) is 0 Å². The molecule has 2 unspecified atom stereocenters. The second kappa shape index (κ2) is 7.32. The summed E-state index contributed by atoms with van der Waals surface area (Å²) in [5.41, 5.74) is 8.69. The van der Waals surface area contributed by atoms with Gasteiger partial charge in [-0.15, -0.1) is 0 Å². The number of pyridine rings is 2. The summed E-state index contributed by atoms with van der Waals surface area (Å²) < 4.78 is 6.24. The highest BCUT2D eigenvalue weighted by Gasteiger charge is 2.40. The number of allylic oxidation sites excluding steroid dienone is 1. The van der Waals surface area contributed by atoms with Gasteiger partial charge in [0.2, 0.25) is 0 Å². The Balaban J connectivity index is 1.79. The van der Waals surface area contributed by atoms with Gasteiger partial charge >= 0.3 is 0 Å². The van der Waals surface area contributed by atoms with Gasteiger partial charge < -0.3 is 15.5 Å². The third-order valence-corrected chi connectivity index (χ3v) is 5.06. The number of nitrogens with two attached hydrogens (primary N) is 1. The van der Waals surface area contributed by atoms with E-state index in [1.807, 2.05) is 43.7 Å². The van der Waals surface area contributed by atoms with E-state index in [1.165, 1.54) is 5.56 Å². The Kier molecular flexibility index (Phi) is 4.73. The van der Waals surface area contributed by atoms with Crippen LogP contribution in [0.2, 0.25) is 0 Å². The van der Waals surface area contributed by atoms with E-state index in [0.717, 1.165) is 29.4 Å². The number of nitrogens with one attached hydrogen (secondary N) is 1. The van der Waals surface area contributed by atoms with Gasteiger partial charge in [-0.3, -0.25) is 4.98 Å². The van der Waals surface area contributed by atoms with E-state index in [9.17, 15) is 0 Å². The van der Waals surface area contributed by atoms with E-state index in [-0.39, 0.29) is 11.5 Å². The number of fused-ring (bicyclic) bond motifs is 1. The first kappa shape index (κ1) is 17.4. The van der Waals surface area contributed by atoms with Crippen LogP contribution in [0.5, 0.6) is 0 Å². The quantitative estimate of drug-likeness (QED) is 0.703. The molecule has 2 atom stereocenters. The average molecular weight is 361 g/mol. The van der Waals surface area contributed by atoms with E-state index in [2.05, 4.69) is 32.1 Å². The second-order valence-corrected chi connectivity index (χ2v) is 6.84. The standard InChI is InChI=1S/C21H23N5O/c1-2-27-19(15-5-3-9-23-12-15)21(8-7-18(22)26-14-21)11-16-13-25-20-17(16)6-4-10-24-20/h3-7,9-10,12-14,19H,2,8,11,22H2,1H3,(H,24,25). The summed E-state index contributed by atoms with van der Waals surface area (Å²) in [4.78, 5) is 16.4. The third kappa shape index (κ3) is 3.36. The molecule has 0 aromatic carbocycles. The Bertz CT molecular complexity index is 978. The van der Waals surface area contributed by atoms with Crippen LogP contribution < -0.4 is 5.73 Å². The summed E-state index contributed by atoms with van der Waals surface area (Å²) in [6.07, 6.45) is 12.7. The number of rotatable bonds is 6. The third-order valence-electron chi connectivity index (χ3n) is 5.06. The van der Waals surface area contributed by atoms with Crippen molar-refractivity contribution in [2.24, 2.45) is 16.1 Å². The van der Waals surface area contributed by atoms with Crippen molar-refractivity contribution >= 4 is 17.2 Å². The largest absolute Gasteiger partial charge is 0.384 e. The molecule has 6 nitrogen and oxygen atoms in total. The van der Waals surface area contributed by atoms with E-state index >= 15 is 0 Å². The number of aliphatic imine (C=N–C) groups is 1. The lowest BCUT2D eigenvalue weighted by molar-refractivity contribution is -0.00442. The van der Waals surface area contributed by atoms with Gasteiger partial charge in [0, 0.05) is 54.0 Å². The van der Waals surface area contributed by atoms with Gasteiger partial charge in [0.1, 0.15) is 11.5 Å². The molecule has 4 rings (SSSR count). The summed E-state index contributed by atoms with van der Waals surface area (Å²) in [6.45, 7) is 2.61. The molecule has 0 amide bonds. The first-order valence-corrected chi connectivity index (χ1v) is 9.15. The molecule has 0 spiro atoms. The van der Waals surface area contributed by atoms with E-state index in [0.29, 0.717) is 12.4 Å². The SMILES string of the molecule is CCOC(c1cccnc1)C1(Cc2c[nH]c3ncccc23)C=NC(N)=CC1. The molecule has 0 saturated carbocycles. The maximum absolute atomic E-state index is 6.24. The Labute approximate surface area is 158 Å². The molecule has 0 fully saturated rings. The second-order valence-electron chi connectivity index (χ2n) is 6.84. The molecule has 3 N–H and O–H groups in total. The molecule has 0 aliphatic carbocycles. The Morgan fingerprint density at radius 3 is 2.93 bits per heavy atom. The molecule has 1 aliphatic heterocycles. The van der Waals surface area contributed by atoms with Crippen molar-refractivity contribution in [3.8, 4) is 0 Å². The van der Waals surface area contributed by atoms with Gasteiger partial charge in [0.25, 0.3) is 0 Å². The van der Waals surface area contributed by atoms with Crippen molar-refractivity contribution in [1.82, 2.24) is 15.0 Å². The minimum absolute atomic E-state index is 0.175. The van der Waals surface area contributed by atoms with Crippen LogP contribution in [0.3, 0.4) is 0 Å². The fourth-order valence-electron chi connectivity index (χ4n) is 3.79.